The van der Waals surface area contributed by atoms with E-state index in [1.54, 1.807) is 13.0 Å². The molecule has 2 rings (SSSR count). The number of amides is 1. The maximum atomic E-state index is 12.7. The van der Waals surface area contributed by atoms with E-state index in [1.165, 1.54) is 0 Å². The summed E-state index contributed by atoms with van der Waals surface area (Å²) in [5.74, 6) is 0.150. The lowest BCUT2D eigenvalue weighted by Crippen LogP contribution is -2.47. The van der Waals surface area contributed by atoms with E-state index in [0.29, 0.717) is 12.1 Å². The summed E-state index contributed by atoms with van der Waals surface area (Å²) in [7, 11) is 0. The van der Waals surface area contributed by atoms with Gasteiger partial charge in [-0.05, 0) is 38.3 Å². The van der Waals surface area contributed by atoms with Gasteiger partial charge < -0.3 is 4.90 Å². The summed E-state index contributed by atoms with van der Waals surface area (Å²) in [5, 5.41) is 0. The molecule has 0 N–H and O–H groups in total. The highest BCUT2D eigenvalue weighted by molar-refractivity contribution is 5.98. The molecule has 0 bridgehead atoms. The summed E-state index contributed by atoms with van der Waals surface area (Å²) in [4.78, 5) is 26.1. The van der Waals surface area contributed by atoms with Crippen molar-refractivity contribution in [1.29, 1.82) is 0 Å². The molecule has 0 aliphatic carbocycles. The summed E-state index contributed by atoms with van der Waals surface area (Å²) in [6.45, 7) is 7.94. The number of piperidine rings is 1. The highest BCUT2D eigenvalue weighted by Gasteiger charge is 2.31. The van der Waals surface area contributed by atoms with E-state index in [-0.39, 0.29) is 23.7 Å². The fourth-order valence-corrected chi connectivity index (χ4v) is 2.75. The lowest BCUT2D eigenvalue weighted by Gasteiger charge is -2.37. The summed E-state index contributed by atoms with van der Waals surface area (Å²) in [6.07, 6.45) is 3.46. The molecule has 2 atom stereocenters. The molecule has 0 unspecified atom stereocenters. The third-order valence-corrected chi connectivity index (χ3v) is 4.13. The molecule has 1 aromatic rings. The van der Waals surface area contributed by atoms with Gasteiger partial charge in [-0.2, -0.15) is 0 Å². The zero-order chi connectivity index (χ0) is 14.7. The van der Waals surface area contributed by atoms with Crippen LogP contribution in [0.25, 0.3) is 6.08 Å². The van der Waals surface area contributed by atoms with Gasteiger partial charge in [-0.3, -0.25) is 9.59 Å². The average molecular weight is 271 g/mol. The monoisotopic (exact) mass is 271 g/mol. The Labute approximate surface area is 120 Å². The number of likely N-dealkylation sites (tertiary alicyclic amines) is 1. The minimum Gasteiger partial charge on any atom is -0.335 e. The van der Waals surface area contributed by atoms with E-state index in [4.69, 9.17) is 0 Å². The third kappa shape index (κ3) is 2.82. The fraction of sp³-hybridized carbons (Fsp3) is 0.412. The first-order chi connectivity index (χ1) is 9.54. The van der Waals surface area contributed by atoms with E-state index < -0.39 is 0 Å². The Balaban J connectivity index is 2.26. The van der Waals surface area contributed by atoms with Crippen LogP contribution < -0.4 is 0 Å². The van der Waals surface area contributed by atoms with Crippen LogP contribution in [0.2, 0.25) is 0 Å². The van der Waals surface area contributed by atoms with Gasteiger partial charge in [0.05, 0.1) is 0 Å². The molecule has 106 valence electrons. The highest BCUT2D eigenvalue weighted by Crippen LogP contribution is 2.25. The van der Waals surface area contributed by atoms with Crippen molar-refractivity contribution in [3.05, 3.63) is 42.0 Å². The predicted molar refractivity (Wildman–Crippen MR) is 80.4 cm³/mol. The fourth-order valence-electron chi connectivity index (χ4n) is 2.75. The maximum Gasteiger partial charge on any atom is 0.254 e. The minimum absolute atomic E-state index is 0.000972. The second-order valence-corrected chi connectivity index (χ2v) is 5.48. The number of ketones is 1. The smallest absolute Gasteiger partial charge is 0.254 e. The largest absolute Gasteiger partial charge is 0.335 e. The van der Waals surface area contributed by atoms with Crippen molar-refractivity contribution in [2.24, 2.45) is 5.92 Å². The Kier molecular flexibility index (Phi) is 4.38. The molecule has 20 heavy (non-hydrogen) atoms. The Bertz CT molecular complexity index is 536. The van der Waals surface area contributed by atoms with E-state index in [0.717, 1.165) is 18.4 Å². The topological polar surface area (TPSA) is 37.4 Å². The van der Waals surface area contributed by atoms with Gasteiger partial charge >= 0.3 is 0 Å². The maximum absolute atomic E-state index is 12.7. The number of hydrogen-bond acceptors (Lipinski definition) is 2. The van der Waals surface area contributed by atoms with Crippen LogP contribution >= 0.6 is 0 Å². The normalized spacial score (nSPS) is 22.4. The van der Waals surface area contributed by atoms with Crippen LogP contribution in [-0.2, 0) is 4.79 Å². The molecule has 1 aliphatic rings. The van der Waals surface area contributed by atoms with Crippen LogP contribution in [-0.4, -0.2) is 29.2 Å². The first-order valence-electron chi connectivity index (χ1n) is 7.07. The van der Waals surface area contributed by atoms with Gasteiger partial charge in [0.25, 0.3) is 5.91 Å². The van der Waals surface area contributed by atoms with Gasteiger partial charge in [0.1, 0.15) is 5.78 Å². The molecule has 0 spiro atoms. The van der Waals surface area contributed by atoms with Crippen molar-refractivity contribution in [2.75, 3.05) is 6.54 Å². The molecule has 1 saturated heterocycles. The van der Waals surface area contributed by atoms with Crippen LogP contribution in [0.5, 0.6) is 0 Å². The molecule has 3 nitrogen and oxygen atoms in total. The van der Waals surface area contributed by atoms with Gasteiger partial charge in [0.2, 0.25) is 0 Å². The van der Waals surface area contributed by atoms with Gasteiger partial charge in [0.15, 0.2) is 0 Å². The number of nitrogens with zero attached hydrogens (tertiary/aromatic N) is 1. The summed E-state index contributed by atoms with van der Waals surface area (Å²) >= 11 is 0. The van der Waals surface area contributed by atoms with Gasteiger partial charge in [-0.25, -0.2) is 0 Å². The third-order valence-electron chi connectivity index (χ3n) is 4.13. The van der Waals surface area contributed by atoms with Crippen LogP contribution in [0.4, 0.5) is 0 Å². The van der Waals surface area contributed by atoms with Crippen LogP contribution in [0, 0.1) is 5.92 Å². The van der Waals surface area contributed by atoms with Crippen LogP contribution in [0.3, 0.4) is 0 Å². The van der Waals surface area contributed by atoms with Crippen LogP contribution in [0.15, 0.2) is 30.8 Å². The number of Topliss-reactive ketones (excluding diaryl/α,β-unsaturated/α-hetero) is 1. The lowest BCUT2D eigenvalue weighted by molar-refractivity contribution is -0.122. The van der Waals surface area contributed by atoms with Gasteiger partial charge in [-0.1, -0.05) is 30.9 Å². The van der Waals surface area contributed by atoms with E-state index in [9.17, 15) is 9.59 Å². The molecule has 1 fully saturated rings. The molecule has 0 radical (unpaired) electrons. The van der Waals surface area contributed by atoms with E-state index in [2.05, 4.69) is 6.58 Å². The first-order valence-corrected chi connectivity index (χ1v) is 7.07. The zero-order valence-corrected chi connectivity index (χ0v) is 12.1. The first kappa shape index (κ1) is 14.5. The van der Waals surface area contributed by atoms with Gasteiger partial charge in [-0.15, -0.1) is 0 Å². The van der Waals surface area contributed by atoms with Crippen molar-refractivity contribution in [3.8, 4) is 0 Å². The number of benzene rings is 1. The van der Waals surface area contributed by atoms with Crippen LogP contribution in [0.1, 0.15) is 42.6 Å². The second-order valence-electron chi connectivity index (χ2n) is 5.48. The molecule has 1 amide bonds. The summed E-state index contributed by atoms with van der Waals surface area (Å²) in [5.41, 5.74) is 1.51. The molecular formula is C17H21NO2. The summed E-state index contributed by atoms with van der Waals surface area (Å²) < 4.78 is 0. The Morgan fingerprint density at radius 1 is 1.30 bits per heavy atom. The van der Waals surface area contributed by atoms with Crippen molar-refractivity contribution in [3.63, 3.8) is 0 Å². The number of rotatable bonds is 3. The number of carbonyl (C=O) groups is 2. The molecule has 1 aromatic carbocycles. The Hall–Kier alpha value is -1.90. The number of hydrogen-bond donors (Lipinski definition) is 0. The number of carbonyl (C=O) groups excluding carboxylic acids is 2. The predicted octanol–water partition coefficient (Wildman–Crippen LogP) is 3.16. The highest BCUT2D eigenvalue weighted by atomic mass is 16.2. The Morgan fingerprint density at radius 2 is 2.00 bits per heavy atom. The van der Waals surface area contributed by atoms with Crippen molar-refractivity contribution in [2.45, 2.75) is 32.7 Å². The molecule has 1 heterocycles. The molecule has 3 heteroatoms. The van der Waals surface area contributed by atoms with Gasteiger partial charge in [0, 0.05) is 24.1 Å². The molecular weight excluding hydrogens is 250 g/mol. The SMILES string of the molecule is C=Cc1ccccc1C(=O)N1C[C@@H](C(C)=O)CC[C@H]1C. The standard InChI is InChI=1S/C17H21NO2/c1-4-14-7-5-6-8-16(14)17(20)18-11-15(13(3)19)10-9-12(18)2/h4-8,12,15H,1,9-11H2,2-3H3/t12-,15+/m1/s1. The average Bonchev–Trinajstić information content (AvgIpc) is 2.46. The van der Waals surface area contributed by atoms with E-state index in [1.807, 2.05) is 36.1 Å². The summed E-state index contributed by atoms with van der Waals surface area (Å²) in [6, 6.07) is 7.64. The molecule has 0 aromatic heterocycles. The molecule has 0 saturated carbocycles. The second kappa shape index (κ2) is 6.04. The quantitative estimate of drug-likeness (QED) is 0.847. The Morgan fingerprint density at radius 3 is 2.65 bits per heavy atom. The zero-order valence-electron chi connectivity index (χ0n) is 12.1. The van der Waals surface area contributed by atoms with Crippen molar-refractivity contribution < 1.29 is 9.59 Å². The molecule has 1 aliphatic heterocycles. The van der Waals surface area contributed by atoms with Crippen molar-refractivity contribution in [1.82, 2.24) is 4.90 Å². The minimum atomic E-state index is -0.0222. The van der Waals surface area contributed by atoms with E-state index >= 15 is 0 Å². The van der Waals surface area contributed by atoms with Crippen molar-refractivity contribution >= 4 is 17.8 Å². The lowest BCUT2D eigenvalue weighted by atomic mass is 9.90.